The van der Waals surface area contributed by atoms with Gasteiger partial charge in [-0.25, -0.2) is 0 Å². The van der Waals surface area contributed by atoms with E-state index < -0.39 is 0 Å². The highest BCUT2D eigenvalue weighted by Gasteiger charge is 2.30. The van der Waals surface area contributed by atoms with Gasteiger partial charge >= 0.3 is 0 Å². The molecule has 1 fully saturated rings. The SMILES string of the molecule is Cc1cc(C)n(C[C@H]2CCCN2C(=O)C[C@H]2C=CCC2)n1. The Morgan fingerprint density at radius 3 is 2.90 bits per heavy atom. The molecule has 4 nitrogen and oxygen atoms in total. The molecule has 0 spiro atoms. The Hall–Kier alpha value is -1.58. The second-order valence-electron chi connectivity index (χ2n) is 6.46. The Bertz CT molecular complexity index is 546. The number of amides is 1. The van der Waals surface area contributed by atoms with Gasteiger partial charge in [0.05, 0.1) is 18.3 Å². The quantitative estimate of drug-likeness (QED) is 0.799. The van der Waals surface area contributed by atoms with Crippen LogP contribution in [-0.4, -0.2) is 33.2 Å². The summed E-state index contributed by atoms with van der Waals surface area (Å²) in [5.74, 6) is 0.794. The molecule has 2 heterocycles. The van der Waals surface area contributed by atoms with E-state index in [2.05, 4.69) is 39.8 Å². The molecule has 0 aromatic carbocycles. The summed E-state index contributed by atoms with van der Waals surface area (Å²) in [5, 5.41) is 4.54. The van der Waals surface area contributed by atoms with Crippen molar-refractivity contribution in [1.29, 1.82) is 0 Å². The van der Waals surface area contributed by atoms with Gasteiger partial charge in [0.25, 0.3) is 0 Å². The van der Waals surface area contributed by atoms with Gasteiger partial charge in [0, 0.05) is 18.7 Å². The number of likely N-dealkylation sites (tertiary alicyclic amines) is 1. The van der Waals surface area contributed by atoms with Crippen LogP contribution < -0.4 is 0 Å². The second-order valence-corrected chi connectivity index (χ2v) is 6.46. The summed E-state index contributed by atoms with van der Waals surface area (Å²) in [6.07, 6.45) is 9.60. The Labute approximate surface area is 126 Å². The smallest absolute Gasteiger partial charge is 0.223 e. The lowest BCUT2D eigenvalue weighted by atomic mass is 10.0. The van der Waals surface area contributed by atoms with E-state index in [-0.39, 0.29) is 0 Å². The molecule has 0 radical (unpaired) electrons. The normalized spacial score (nSPS) is 25.0. The number of hydrogen-bond donors (Lipinski definition) is 0. The van der Waals surface area contributed by atoms with Crippen LogP contribution in [0.25, 0.3) is 0 Å². The highest BCUT2D eigenvalue weighted by molar-refractivity contribution is 5.77. The lowest BCUT2D eigenvalue weighted by molar-refractivity contribution is -0.132. The predicted octanol–water partition coefficient (Wildman–Crippen LogP) is 2.85. The number of carbonyl (C=O) groups is 1. The van der Waals surface area contributed by atoms with Crippen LogP contribution in [0.5, 0.6) is 0 Å². The Morgan fingerprint density at radius 1 is 1.38 bits per heavy atom. The maximum atomic E-state index is 12.6. The molecule has 1 aromatic heterocycles. The van der Waals surface area contributed by atoms with E-state index in [9.17, 15) is 4.79 Å². The molecule has 1 saturated heterocycles. The summed E-state index contributed by atoms with van der Waals surface area (Å²) in [5.41, 5.74) is 2.24. The minimum absolute atomic E-state index is 0.320. The highest BCUT2D eigenvalue weighted by atomic mass is 16.2. The van der Waals surface area contributed by atoms with Crippen LogP contribution in [0, 0.1) is 19.8 Å². The van der Waals surface area contributed by atoms with E-state index in [1.807, 2.05) is 6.92 Å². The number of aromatic nitrogens is 2. The van der Waals surface area contributed by atoms with Crippen molar-refractivity contribution in [3.63, 3.8) is 0 Å². The van der Waals surface area contributed by atoms with Gasteiger partial charge in [-0.1, -0.05) is 12.2 Å². The van der Waals surface area contributed by atoms with Crippen LogP contribution in [0.15, 0.2) is 18.2 Å². The maximum absolute atomic E-state index is 12.6. The number of aryl methyl sites for hydroxylation is 2. The Kier molecular flexibility index (Phi) is 4.13. The molecule has 1 aromatic rings. The molecule has 1 amide bonds. The predicted molar refractivity (Wildman–Crippen MR) is 82.9 cm³/mol. The van der Waals surface area contributed by atoms with Crippen LogP contribution >= 0.6 is 0 Å². The summed E-state index contributed by atoms with van der Waals surface area (Å²) in [7, 11) is 0. The fraction of sp³-hybridized carbons (Fsp3) is 0.647. The van der Waals surface area contributed by atoms with E-state index >= 15 is 0 Å². The van der Waals surface area contributed by atoms with E-state index in [4.69, 9.17) is 0 Å². The molecule has 2 aliphatic rings. The second kappa shape index (κ2) is 6.04. The van der Waals surface area contributed by atoms with E-state index in [0.29, 0.717) is 24.3 Å². The monoisotopic (exact) mass is 287 g/mol. The van der Waals surface area contributed by atoms with Crippen LogP contribution in [0.1, 0.15) is 43.5 Å². The van der Waals surface area contributed by atoms with Crippen molar-refractivity contribution < 1.29 is 4.79 Å². The zero-order valence-electron chi connectivity index (χ0n) is 13.1. The zero-order valence-corrected chi connectivity index (χ0v) is 13.1. The third-order valence-electron chi connectivity index (χ3n) is 4.73. The average molecular weight is 287 g/mol. The molecule has 21 heavy (non-hydrogen) atoms. The molecular formula is C17H25N3O. The molecular weight excluding hydrogens is 262 g/mol. The van der Waals surface area contributed by atoms with E-state index in [1.54, 1.807) is 0 Å². The molecule has 0 bridgehead atoms. The molecule has 4 heteroatoms. The lowest BCUT2D eigenvalue weighted by Gasteiger charge is -2.26. The van der Waals surface area contributed by atoms with E-state index in [1.165, 1.54) is 5.69 Å². The number of allylic oxidation sites excluding steroid dienone is 2. The number of hydrogen-bond acceptors (Lipinski definition) is 2. The molecule has 114 valence electrons. The minimum atomic E-state index is 0.320. The molecule has 2 atom stereocenters. The van der Waals surface area contributed by atoms with Gasteiger partial charge < -0.3 is 4.90 Å². The van der Waals surface area contributed by atoms with Gasteiger partial charge in [0.15, 0.2) is 0 Å². The third-order valence-corrected chi connectivity index (χ3v) is 4.73. The maximum Gasteiger partial charge on any atom is 0.223 e. The summed E-state index contributed by atoms with van der Waals surface area (Å²) in [6, 6.07) is 2.42. The minimum Gasteiger partial charge on any atom is -0.338 e. The fourth-order valence-corrected chi connectivity index (χ4v) is 3.62. The largest absolute Gasteiger partial charge is 0.338 e. The first-order chi connectivity index (χ1) is 10.1. The summed E-state index contributed by atoms with van der Waals surface area (Å²) in [4.78, 5) is 14.7. The molecule has 3 rings (SSSR count). The van der Waals surface area contributed by atoms with Gasteiger partial charge in [-0.15, -0.1) is 0 Å². The highest BCUT2D eigenvalue weighted by Crippen LogP contribution is 2.25. The Morgan fingerprint density at radius 2 is 2.24 bits per heavy atom. The first kappa shape index (κ1) is 14.4. The first-order valence-electron chi connectivity index (χ1n) is 8.10. The van der Waals surface area contributed by atoms with E-state index in [0.717, 1.165) is 44.5 Å². The number of nitrogens with zero attached hydrogens (tertiary/aromatic N) is 3. The number of carbonyl (C=O) groups excluding carboxylic acids is 1. The van der Waals surface area contributed by atoms with Crippen molar-refractivity contribution in [3.05, 3.63) is 29.6 Å². The molecule has 0 unspecified atom stereocenters. The molecule has 1 aliphatic heterocycles. The lowest BCUT2D eigenvalue weighted by Crippen LogP contribution is -2.39. The van der Waals surface area contributed by atoms with Crippen LogP contribution in [-0.2, 0) is 11.3 Å². The topological polar surface area (TPSA) is 38.1 Å². The molecule has 0 N–H and O–H groups in total. The fourth-order valence-electron chi connectivity index (χ4n) is 3.62. The van der Waals surface area contributed by atoms with Crippen molar-refractivity contribution in [2.24, 2.45) is 5.92 Å². The number of rotatable bonds is 4. The van der Waals surface area contributed by atoms with Crippen molar-refractivity contribution in [1.82, 2.24) is 14.7 Å². The van der Waals surface area contributed by atoms with Gasteiger partial charge in [0.1, 0.15) is 0 Å². The average Bonchev–Trinajstić information content (AvgIpc) is 3.13. The van der Waals surface area contributed by atoms with Gasteiger partial charge in [-0.3, -0.25) is 9.48 Å². The van der Waals surface area contributed by atoms with Crippen molar-refractivity contribution >= 4 is 5.91 Å². The molecule has 1 aliphatic carbocycles. The van der Waals surface area contributed by atoms with Crippen LogP contribution in [0.2, 0.25) is 0 Å². The van der Waals surface area contributed by atoms with Crippen molar-refractivity contribution in [2.75, 3.05) is 6.54 Å². The van der Waals surface area contributed by atoms with Crippen LogP contribution in [0.4, 0.5) is 0 Å². The zero-order chi connectivity index (χ0) is 14.8. The summed E-state index contributed by atoms with van der Waals surface area (Å²) < 4.78 is 2.06. The van der Waals surface area contributed by atoms with Crippen molar-refractivity contribution in [3.8, 4) is 0 Å². The van der Waals surface area contributed by atoms with Gasteiger partial charge in [0.2, 0.25) is 5.91 Å². The standard InChI is InChI=1S/C17H25N3O/c1-13-10-14(2)20(18-13)12-16-8-5-9-19(16)17(21)11-15-6-3-4-7-15/h3,6,10,15-16H,4-5,7-9,11-12H2,1-2H3/t15-,16+/m0/s1. The van der Waals surface area contributed by atoms with Gasteiger partial charge in [-0.2, -0.15) is 5.10 Å². The third kappa shape index (κ3) is 3.20. The summed E-state index contributed by atoms with van der Waals surface area (Å²) >= 11 is 0. The van der Waals surface area contributed by atoms with Crippen molar-refractivity contribution in [2.45, 2.75) is 58.5 Å². The molecule has 0 saturated carbocycles. The first-order valence-corrected chi connectivity index (χ1v) is 8.10. The summed E-state index contributed by atoms with van der Waals surface area (Å²) in [6.45, 7) is 5.86. The van der Waals surface area contributed by atoms with Crippen LogP contribution in [0.3, 0.4) is 0 Å². The Balaban J connectivity index is 1.63. The van der Waals surface area contributed by atoms with Gasteiger partial charge in [-0.05, 0) is 51.5 Å².